The predicted octanol–water partition coefficient (Wildman–Crippen LogP) is 2.16. The normalized spacial score (nSPS) is 11.8. The molecular formula is C15H13N3O4. The largest absolute Gasteiger partial charge is 0.454 e. The summed E-state index contributed by atoms with van der Waals surface area (Å²) in [6.07, 6.45) is 0. The van der Waals surface area contributed by atoms with E-state index < -0.39 is 6.03 Å². The number of fused-ring (bicyclic) bond motifs is 1. The van der Waals surface area contributed by atoms with E-state index in [1.807, 2.05) is 0 Å². The van der Waals surface area contributed by atoms with Gasteiger partial charge in [0.15, 0.2) is 11.5 Å². The van der Waals surface area contributed by atoms with Crippen molar-refractivity contribution in [2.24, 2.45) is 5.73 Å². The molecule has 4 N–H and O–H groups in total. The Labute approximate surface area is 126 Å². The molecule has 0 aromatic heterocycles. The number of benzene rings is 2. The Morgan fingerprint density at radius 3 is 2.55 bits per heavy atom. The van der Waals surface area contributed by atoms with Gasteiger partial charge in [-0.3, -0.25) is 4.79 Å². The van der Waals surface area contributed by atoms with Crippen molar-refractivity contribution in [1.29, 1.82) is 0 Å². The smallest absolute Gasteiger partial charge is 0.316 e. The van der Waals surface area contributed by atoms with E-state index in [9.17, 15) is 9.59 Å². The number of primary amides is 1. The minimum atomic E-state index is -0.687. The molecule has 0 saturated heterocycles. The van der Waals surface area contributed by atoms with Gasteiger partial charge in [-0.25, -0.2) is 4.79 Å². The van der Waals surface area contributed by atoms with Gasteiger partial charge in [0, 0.05) is 23.0 Å². The molecule has 0 unspecified atom stereocenters. The van der Waals surface area contributed by atoms with Crippen molar-refractivity contribution in [1.82, 2.24) is 0 Å². The fourth-order valence-electron chi connectivity index (χ4n) is 2.06. The van der Waals surface area contributed by atoms with E-state index in [1.165, 1.54) is 6.07 Å². The van der Waals surface area contributed by atoms with Gasteiger partial charge < -0.3 is 25.8 Å². The average molecular weight is 299 g/mol. The minimum absolute atomic E-state index is 0.174. The molecule has 112 valence electrons. The van der Waals surface area contributed by atoms with Crippen LogP contribution in [0, 0.1) is 0 Å². The maximum absolute atomic E-state index is 12.2. The van der Waals surface area contributed by atoms with Crippen molar-refractivity contribution in [2.45, 2.75) is 0 Å². The highest BCUT2D eigenvalue weighted by molar-refractivity contribution is 6.05. The van der Waals surface area contributed by atoms with E-state index in [0.29, 0.717) is 28.4 Å². The van der Waals surface area contributed by atoms with Gasteiger partial charge in [-0.2, -0.15) is 0 Å². The molecule has 0 fully saturated rings. The van der Waals surface area contributed by atoms with Crippen molar-refractivity contribution in [3.8, 4) is 11.5 Å². The summed E-state index contributed by atoms with van der Waals surface area (Å²) in [6, 6.07) is 10.9. The van der Waals surface area contributed by atoms with E-state index in [4.69, 9.17) is 15.2 Å². The first-order valence-corrected chi connectivity index (χ1v) is 6.49. The van der Waals surface area contributed by atoms with Crippen LogP contribution in [0.25, 0.3) is 0 Å². The number of nitrogens with two attached hydrogens (primary N) is 1. The van der Waals surface area contributed by atoms with Gasteiger partial charge in [0.1, 0.15) is 0 Å². The highest BCUT2D eigenvalue weighted by Gasteiger charge is 2.14. The molecule has 0 atom stereocenters. The van der Waals surface area contributed by atoms with Crippen molar-refractivity contribution >= 4 is 23.3 Å². The van der Waals surface area contributed by atoms with Crippen LogP contribution in [0.2, 0.25) is 0 Å². The van der Waals surface area contributed by atoms with E-state index >= 15 is 0 Å². The molecule has 7 heteroatoms. The molecule has 3 amide bonds. The molecule has 0 aliphatic carbocycles. The number of carbonyl (C=O) groups is 2. The molecule has 1 heterocycles. The van der Waals surface area contributed by atoms with Crippen LogP contribution in [0.5, 0.6) is 11.5 Å². The van der Waals surface area contributed by atoms with Crippen LogP contribution in [0.3, 0.4) is 0 Å². The van der Waals surface area contributed by atoms with Gasteiger partial charge in [0.05, 0.1) is 0 Å². The Morgan fingerprint density at radius 2 is 1.73 bits per heavy atom. The van der Waals surface area contributed by atoms with Gasteiger partial charge in [0.2, 0.25) is 6.79 Å². The Morgan fingerprint density at radius 1 is 0.955 bits per heavy atom. The number of rotatable bonds is 3. The molecule has 0 radical (unpaired) electrons. The number of ether oxygens (including phenoxy) is 2. The van der Waals surface area contributed by atoms with Gasteiger partial charge in [-0.15, -0.1) is 0 Å². The summed E-state index contributed by atoms with van der Waals surface area (Å²) >= 11 is 0. The molecule has 0 spiro atoms. The maximum atomic E-state index is 12.2. The minimum Gasteiger partial charge on any atom is -0.454 e. The predicted molar refractivity (Wildman–Crippen MR) is 80.2 cm³/mol. The lowest BCUT2D eigenvalue weighted by molar-refractivity contribution is 0.102. The van der Waals surface area contributed by atoms with Crippen LogP contribution in [-0.2, 0) is 0 Å². The Hall–Kier alpha value is -3.22. The van der Waals surface area contributed by atoms with Crippen molar-refractivity contribution < 1.29 is 19.1 Å². The molecule has 1 aliphatic heterocycles. The second kappa shape index (κ2) is 5.65. The Kier molecular flexibility index (Phi) is 3.53. The zero-order chi connectivity index (χ0) is 15.5. The molecular weight excluding hydrogens is 286 g/mol. The van der Waals surface area contributed by atoms with E-state index in [2.05, 4.69) is 10.6 Å². The lowest BCUT2D eigenvalue weighted by Crippen LogP contribution is -2.19. The lowest BCUT2D eigenvalue weighted by Gasteiger charge is -2.08. The topological polar surface area (TPSA) is 103 Å². The van der Waals surface area contributed by atoms with Crippen molar-refractivity contribution in [2.75, 3.05) is 17.4 Å². The Balaban J connectivity index is 1.75. The summed E-state index contributed by atoms with van der Waals surface area (Å²) in [7, 11) is 0. The molecule has 3 rings (SSSR count). The quantitative estimate of drug-likeness (QED) is 0.808. The second-order valence-corrected chi connectivity index (χ2v) is 4.59. The second-order valence-electron chi connectivity index (χ2n) is 4.59. The van der Waals surface area contributed by atoms with E-state index in [0.717, 1.165) is 0 Å². The standard InChI is InChI=1S/C15H13N3O4/c16-15(20)18-10-3-1-2-9(6-10)14(19)17-11-4-5-12-13(7-11)22-8-21-12/h1-7H,8H2,(H,17,19)(H3,16,18,20). The highest BCUT2D eigenvalue weighted by atomic mass is 16.7. The molecule has 22 heavy (non-hydrogen) atoms. The van der Waals surface area contributed by atoms with Crippen molar-refractivity contribution in [3.05, 3.63) is 48.0 Å². The monoisotopic (exact) mass is 299 g/mol. The summed E-state index contributed by atoms with van der Waals surface area (Å²) in [5.74, 6) is 0.916. The highest BCUT2D eigenvalue weighted by Crippen LogP contribution is 2.34. The van der Waals surface area contributed by atoms with Crippen LogP contribution < -0.4 is 25.8 Å². The summed E-state index contributed by atoms with van der Waals surface area (Å²) in [4.78, 5) is 23.1. The first-order chi connectivity index (χ1) is 10.6. The van der Waals surface area contributed by atoms with Gasteiger partial charge >= 0.3 is 6.03 Å². The van der Waals surface area contributed by atoms with Gasteiger partial charge in [0.25, 0.3) is 5.91 Å². The fraction of sp³-hybridized carbons (Fsp3) is 0.0667. The average Bonchev–Trinajstić information content (AvgIpc) is 2.94. The number of hydrogen-bond acceptors (Lipinski definition) is 4. The third-order valence-electron chi connectivity index (χ3n) is 3.02. The summed E-state index contributed by atoms with van der Waals surface area (Å²) in [5, 5.41) is 5.17. The first-order valence-electron chi connectivity index (χ1n) is 6.49. The van der Waals surface area contributed by atoms with Crippen LogP contribution in [0.4, 0.5) is 16.2 Å². The number of amides is 3. The van der Waals surface area contributed by atoms with Crippen LogP contribution >= 0.6 is 0 Å². The molecule has 2 aromatic rings. The van der Waals surface area contributed by atoms with Crippen molar-refractivity contribution in [3.63, 3.8) is 0 Å². The lowest BCUT2D eigenvalue weighted by atomic mass is 10.2. The molecule has 0 saturated carbocycles. The SMILES string of the molecule is NC(=O)Nc1cccc(C(=O)Nc2ccc3c(c2)OCO3)c1. The number of nitrogens with one attached hydrogen (secondary N) is 2. The Bertz CT molecular complexity index is 745. The van der Waals surface area contributed by atoms with Crippen LogP contribution in [0.1, 0.15) is 10.4 Å². The maximum Gasteiger partial charge on any atom is 0.316 e. The number of carbonyl (C=O) groups excluding carboxylic acids is 2. The fourth-order valence-corrected chi connectivity index (χ4v) is 2.06. The first kappa shape index (κ1) is 13.7. The number of hydrogen-bond donors (Lipinski definition) is 3. The summed E-state index contributed by atoms with van der Waals surface area (Å²) in [6.45, 7) is 0.174. The number of anilines is 2. The van der Waals surface area contributed by atoms with Gasteiger partial charge in [-0.1, -0.05) is 6.07 Å². The molecule has 7 nitrogen and oxygen atoms in total. The number of urea groups is 1. The summed E-state index contributed by atoms with van der Waals surface area (Å²) in [5.41, 5.74) is 6.48. The zero-order valence-electron chi connectivity index (χ0n) is 11.5. The van der Waals surface area contributed by atoms with E-state index in [1.54, 1.807) is 36.4 Å². The zero-order valence-corrected chi connectivity index (χ0v) is 11.5. The van der Waals surface area contributed by atoms with Crippen LogP contribution in [-0.4, -0.2) is 18.7 Å². The van der Waals surface area contributed by atoms with E-state index in [-0.39, 0.29) is 12.7 Å². The molecule has 1 aliphatic rings. The van der Waals surface area contributed by atoms with Crippen LogP contribution in [0.15, 0.2) is 42.5 Å². The summed E-state index contributed by atoms with van der Waals surface area (Å²) < 4.78 is 10.5. The van der Waals surface area contributed by atoms with Gasteiger partial charge in [-0.05, 0) is 30.3 Å². The third kappa shape index (κ3) is 2.93. The molecule has 0 bridgehead atoms. The molecule has 2 aromatic carbocycles. The third-order valence-corrected chi connectivity index (χ3v) is 3.02.